The number of nitrogens with zero attached hydrogens (tertiary/aromatic N) is 2. The fourth-order valence-corrected chi connectivity index (χ4v) is 3.58. The van der Waals surface area contributed by atoms with Gasteiger partial charge in [-0.1, -0.05) is 12.1 Å². The maximum absolute atomic E-state index is 12.2. The molecule has 6 heteroatoms. The number of carbonyl (C=O) groups excluding carboxylic acids is 1. The molecule has 5 nitrogen and oxygen atoms in total. The average Bonchev–Trinajstić information content (AvgIpc) is 3.25. The first-order valence-corrected chi connectivity index (χ1v) is 8.80. The Morgan fingerprint density at radius 2 is 2.25 bits per heavy atom. The molecule has 0 bridgehead atoms. The molecule has 1 aromatic carbocycles. The lowest BCUT2D eigenvalue weighted by molar-refractivity contribution is -0.121. The van der Waals surface area contributed by atoms with E-state index in [0.29, 0.717) is 13.2 Å². The van der Waals surface area contributed by atoms with Crippen LogP contribution in [0.2, 0.25) is 0 Å². The standard InChI is InChI=1S/C18H17N3O2S/c22-17(19-7-5-13-6-8-24-12-13)10-21-18-14(9-20-21)11-23-16-4-2-1-3-15(16)18/h1-4,6,8-9,12H,5,7,10-11H2,(H,19,22). The summed E-state index contributed by atoms with van der Waals surface area (Å²) < 4.78 is 7.48. The fourth-order valence-electron chi connectivity index (χ4n) is 2.88. The van der Waals surface area contributed by atoms with E-state index in [1.165, 1.54) is 5.56 Å². The van der Waals surface area contributed by atoms with Gasteiger partial charge in [0.25, 0.3) is 0 Å². The minimum atomic E-state index is -0.0277. The number of hydrogen-bond acceptors (Lipinski definition) is 4. The third kappa shape index (κ3) is 2.92. The molecule has 24 heavy (non-hydrogen) atoms. The highest BCUT2D eigenvalue weighted by molar-refractivity contribution is 7.07. The second-order valence-electron chi connectivity index (χ2n) is 5.69. The van der Waals surface area contributed by atoms with Crippen molar-refractivity contribution in [1.29, 1.82) is 0 Å². The largest absolute Gasteiger partial charge is 0.488 e. The third-order valence-electron chi connectivity index (χ3n) is 4.05. The number of ether oxygens (including phenoxy) is 1. The van der Waals surface area contributed by atoms with Gasteiger partial charge in [-0.3, -0.25) is 9.48 Å². The highest BCUT2D eigenvalue weighted by Gasteiger charge is 2.22. The monoisotopic (exact) mass is 339 g/mol. The third-order valence-corrected chi connectivity index (χ3v) is 4.78. The summed E-state index contributed by atoms with van der Waals surface area (Å²) in [6, 6.07) is 9.94. The highest BCUT2D eigenvalue weighted by Crippen LogP contribution is 2.36. The smallest absolute Gasteiger partial charge is 0.241 e. The topological polar surface area (TPSA) is 56.2 Å². The first kappa shape index (κ1) is 15.0. The van der Waals surface area contributed by atoms with Crippen molar-refractivity contribution in [3.05, 3.63) is 58.4 Å². The Morgan fingerprint density at radius 3 is 3.12 bits per heavy atom. The zero-order valence-electron chi connectivity index (χ0n) is 13.1. The number of amides is 1. The van der Waals surface area contributed by atoms with Crippen molar-refractivity contribution < 1.29 is 9.53 Å². The van der Waals surface area contributed by atoms with Crippen molar-refractivity contribution in [1.82, 2.24) is 15.1 Å². The summed E-state index contributed by atoms with van der Waals surface area (Å²) in [7, 11) is 0. The molecule has 3 aromatic rings. The van der Waals surface area contributed by atoms with Crippen LogP contribution in [0.1, 0.15) is 11.1 Å². The van der Waals surface area contributed by atoms with Crippen LogP contribution in [-0.4, -0.2) is 22.2 Å². The molecule has 2 aromatic heterocycles. The number of aromatic nitrogens is 2. The lowest BCUT2D eigenvalue weighted by atomic mass is 10.0. The van der Waals surface area contributed by atoms with Crippen LogP contribution in [0, 0.1) is 0 Å². The van der Waals surface area contributed by atoms with Crippen LogP contribution in [0.25, 0.3) is 11.3 Å². The Labute approximate surface area is 143 Å². The molecule has 4 rings (SSSR count). The number of hydrogen-bond donors (Lipinski definition) is 1. The molecule has 0 saturated heterocycles. The van der Waals surface area contributed by atoms with Gasteiger partial charge in [0.15, 0.2) is 0 Å². The van der Waals surface area contributed by atoms with E-state index in [1.54, 1.807) is 22.2 Å². The van der Waals surface area contributed by atoms with Crippen molar-refractivity contribution >= 4 is 17.2 Å². The Morgan fingerprint density at radius 1 is 1.33 bits per heavy atom. The molecule has 122 valence electrons. The summed E-state index contributed by atoms with van der Waals surface area (Å²) in [5.41, 5.74) is 4.23. The lowest BCUT2D eigenvalue weighted by Crippen LogP contribution is -2.30. The molecule has 0 fully saturated rings. The summed E-state index contributed by atoms with van der Waals surface area (Å²) >= 11 is 1.67. The predicted molar refractivity (Wildman–Crippen MR) is 93.0 cm³/mol. The second-order valence-corrected chi connectivity index (χ2v) is 6.47. The van der Waals surface area contributed by atoms with E-state index >= 15 is 0 Å². The van der Waals surface area contributed by atoms with Crippen molar-refractivity contribution in [3.63, 3.8) is 0 Å². The maximum Gasteiger partial charge on any atom is 0.241 e. The van der Waals surface area contributed by atoms with Gasteiger partial charge in [0, 0.05) is 17.7 Å². The molecule has 1 aliphatic heterocycles. The first-order valence-electron chi connectivity index (χ1n) is 7.86. The lowest BCUT2D eigenvalue weighted by Gasteiger charge is -2.19. The van der Waals surface area contributed by atoms with Crippen LogP contribution in [-0.2, 0) is 24.4 Å². The summed E-state index contributed by atoms with van der Waals surface area (Å²) in [5.74, 6) is 0.810. The Kier molecular flexibility index (Phi) is 4.04. The van der Waals surface area contributed by atoms with E-state index in [1.807, 2.05) is 29.6 Å². The molecule has 0 spiro atoms. The second kappa shape index (κ2) is 6.49. The van der Waals surface area contributed by atoms with Crippen LogP contribution in [0.4, 0.5) is 0 Å². The van der Waals surface area contributed by atoms with Gasteiger partial charge in [-0.2, -0.15) is 16.4 Å². The number of carbonyl (C=O) groups is 1. The predicted octanol–water partition coefficient (Wildman–Crippen LogP) is 2.86. The first-order chi connectivity index (χ1) is 11.8. The average molecular weight is 339 g/mol. The number of para-hydroxylation sites is 1. The number of thiophene rings is 1. The van der Waals surface area contributed by atoms with Crippen LogP contribution < -0.4 is 10.1 Å². The molecular weight excluding hydrogens is 322 g/mol. The van der Waals surface area contributed by atoms with E-state index in [-0.39, 0.29) is 12.5 Å². The van der Waals surface area contributed by atoms with Crippen LogP contribution >= 0.6 is 11.3 Å². The number of fused-ring (bicyclic) bond motifs is 3. The molecule has 0 aliphatic carbocycles. The van der Waals surface area contributed by atoms with Gasteiger partial charge >= 0.3 is 0 Å². The molecule has 0 unspecified atom stereocenters. The van der Waals surface area contributed by atoms with Crippen molar-refractivity contribution in [2.45, 2.75) is 19.6 Å². The van der Waals surface area contributed by atoms with E-state index in [2.05, 4.69) is 21.9 Å². The van der Waals surface area contributed by atoms with Gasteiger partial charge < -0.3 is 10.1 Å². The SMILES string of the molecule is O=C(Cn1ncc2c1-c1ccccc1OC2)NCCc1ccsc1. The van der Waals surface area contributed by atoms with Gasteiger partial charge in [0.1, 0.15) is 18.9 Å². The molecule has 0 radical (unpaired) electrons. The van der Waals surface area contributed by atoms with Crippen molar-refractivity contribution in [3.8, 4) is 17.0 Å². The summed E-state index contributed by atoms with van der Waals surface area (Å²) in [4.78, 5) is 12.2. The number of benzene rings is 1. The molecule has 1 aliphatic rings. The van der Waals surface area contributed by atoms with Gasteiger partial charge in [-0.15, -0.1) is 0 Å². The van der Waals surface area contributed by atoms with E-state index in [0.717, 1.165) is 29.0 Å². The van der Waals surface area contributed by atoms with Crippen molar-refractivity contribution in [2.24, 2.45) is 0 Å². The normalized spacial score (nSPS) is 12.2. The number of rotatable bonds is 5. The van der Waals surface area contributed by atoms with E-state index in [4.69, 9.17) is 4.74 Å². The molecule has 1 amide bonds. The fraction of sp³-hybridized carbons (Fsp3) is 0.222. The van der Waals surface area contributed by atoms with E-state index in [9.17, 15) is 4.79 Å². The van der Waals surface area contributed by atoms with Gasteiger partial charge in [0.05, 0.1) is 11.9 Å². The van der Waals surface area contributed by atoms with Crippen LogP contribution in [0.5, 0.6) is 5.75 Å². The molecule has 0 atom stereocenters. The summed E-state index contributed by atoms with van der Waals surface area (Å²) in [6.07, 6.45) is 2.63. The maximum atomic E-state index is 12.2. The zero-order chi connectivity index (χ0) is 16.4. The molecule has 0 saturated carbocycles. The Bertz CT molecular complexity index is 855. The minimum Gasteiger partial charge on any atom is -0.488 e. The van der Waals surface area contributed by atoms with Crippen LogP contribution in [0.15, 0.2) is 47.3 Å². The van der Waals surface area contributed by atoms with Gasteiger partial charge in [-0.25, -0.2) is 0 Å². The van der Waals surface area contributed by atoms with Crippen molar-refractivity contribution in [2.75, 3.05) is 6.54 Å². The van der Waals surface area contributed by atoms with Gasteiger partial charge in [0.2, 0.25) is 5.91 Å². The number of nitrogens with one attached hydrogen (secondary N) is 1. The molecular formula is C18H17N3O2S. The van der Waals surface area contributed by atoms with E-state index < -0.39 is 0 Å². The zero-order valence-corrected chi connectivity index (χ0v) is 13.9. The molecule has 3 heterocycles. The summed E-state index contributed by atoms with van der Waals surface area (Å²) in [6.45, 7) is 1.35. The highest BCUT2D eigenvalue weighted by atomic mass is 32.1. The quantitative estimate of drug-likeness (QED) is 0.778. The Balaban J connectivity index is 1.45. The minimum absolute atomic E-state index is 0.0277. The summed E-state index contributed by atoms with van der Waals surface area (Å²) in [5, 5.41) is 11.5. The Hall–Kier alpha value is -2.60. The van der Waals surface area contributed by atoms with Crippen LogP contribution in [0.3, 0.4) is 0 Å². The molecule has 1 N–H and O–H groups in total. The van der Waals surface area contributed by atoms with Gasteiger partial charge in [-0.05, 0) is 40.9 Å².